The SMILES string of the molecule is CC(C)C1CC(N2CCC(CC(=O)O)CC2)C1. The zero-order chi connectivity index (χ0) is 12.4. The maximum atomic E-state index is 10.7. The first-order chi connectivity index (χ1) is 8.06. The summed E-state index contributed by atoms with van der Waals surface area (Å²) in [5.41, 5.74) is 0. The first-order valence-corrected chi connectivity index (χ1v) is 7.02. The molecule has 1 N–H and O–H groups in total. The molecule has 1 aliphatic carbocycles. The molecule has 0 bridgehead atoms. The third-order valence-corrected chi connectivity index (χ3v) is 4.72. The average Bonchev–Trinajstić information content (AvgIpc) is 2.16. The summed E-state index contributed by atoms with van der Waals surface area (Å²) in [5, 5.41) is 8.78. The van der Waals surface area contributed by atoms with Crippen molar-refractivity contribution in [1.29, 1.82) is 0 Å². The molecule has 17 heavy (non-hydrogen) atoms. The van der Waals surface area contributed by atoms with Gasteiger partial charge in [-0.3, -0.25) is 4.79 Å². The number of carbonyl (C=O) groups is 1. The van der Waals surface area contributed by atoms with Crippen molar-refractivity contribution in [3.8, 4) is 0 Å². The van der Waals surface area contributed by atoms with Crippen molar-refractivity contribution in [1.82, 2.24) is 4.90 Å². The summed E-state index contributed by atoms with van der Waals surface area (Å²) in [7, 11) is 0. The highest BCUT2D eigenvalue weighted by molar-refractivity contribution is 5.67. The molecular formula is C14H25NO2. The van der Waals surface area contributed by atoms with Crippen LogP contribution in [-0.2, 0) is 4.79 Å². The fourth-order valence-electron chi connectivity index (χ4n) is 3.24. The van der Waals surface area contributed by atoms with Gasteiger partial charge in [0, 0.05) is 12.5 Å². The van der Waals surface area contributed by atoms with Crippen molar-refractivity contribution in [2.24, 2.45) is 17.8 Å². The fourth-order valence-corrected chi connectivity index (χ4v) is 3.24. The van der Waals surface area contributed by atoms with Gasteiger partial charge in [-0.15, -0.1) is 0 Å². The van der Waals surface area contributed by atoms with Gasteiger partial charge in [-0.05, 0) is 56.5 Å². The molecule has 3 heteroatoms. The number of likely N-dealkylation sites (tertiary alicyclic amines) is 1. The quantitative estimate of drug-likeness (QED) is 0.820. The molecule has 0 radical (unpaired) electrons. The molecule has 1 saturated heterocycles. The summed E-state index contributed by atoms with van der Waals surface area (Å²) in [6.07, 6.45) is 5.25. The Morgan fingerprint density at radius 1 is 1.29 bits per heavy atom. The van der Waals surface area contributed by atoms with E-state index in [9.17, 15) is 4.79 Å². The molecule has 0 aromatic rings. The van der Waals surface area contributed by atoms with Crippen LogP contribution in [0.3, 0.4) is 0 Å². The molecule has 3 nitrogen and oxygen atoms in total. The molecule has 2 aliphatic rings. The molecule has 2 rings (SSSR count). The summed E-state index contributed by atoms with van der Waals surface area (Å²) in [6, 6.07) is 0.799. The number of hydrogen-bond acceptors (Lipinski definition) is 2. The van der Waals surface area contributed by atoms with Crippen molar-refractivity contribution in [3.63, 3.8) is 0 Å². The van der Waals surface area contributed by atoms with E-state index in [4.69, 9.17) is 5.11 Å². The van der Waals surface area contributed by atoms with E-state index in [1.165, 1.54) is 12.8 Å². The minimum atomic E-state index is -0.632. The number of carboxylic acids is 1. The summed E-state index contributed by atoms with van der Waals surface area (Å²) in [5.74, 6) is 1.55. The Morgan fingerprint density at radius 3 is 2.35 bits per heavy atom. The van der Waals surface area contributed by atoms with Crippen LogP contribution in [0.15, 0.2) is 0 Å². The van der Waals surface area contributed by atoms with E-state index < -0.39 is 5.97 Å². The molecule has 0 aromatic heterocycles. The van der Waals surface area contributed by atoms with Gasteiger partial charge in [0.15, 0.2) is 0 Å². The van der Waals surface area contributed by atoms with E-state index in [0.717, 1.165) is 43.8 Å². The average molecular weight is 239 g/mol. The lowest BCUT2D eigenvalue weighted by atomic mass is 9.72. The lowest BCUT2D eigenvalue weighted by molar-refractivity contribution is -0.138. The second kappa shape index (κ2) is 5.38. The number of hydrogen-bond donors (Lipinski definition) is 1. The maximum Gasteiger partial charge on any atom is 0.303 e. The molecular weight excluding hydrogens is 214 g/mol. The van der Waals surface area contributed by atoms with Crippen molar-refractivity contribution in [2.75, 3.05) is 13.1 Å². The van der Waals surface area contributed by atoms with Crippen LogP contribution in [0.4, 0.5) is 0 Å². The molecule has 0 spiro atoms. The van der Waals surface area contributed by atoms with Crippen molar-refractivity contribution < 1.29 is 9.90 Å². The molecule has 2 fully saturated rings. The minimum absolute atomic E-state index is 0.368. The van der Waals surface area contributed by atoms with Gasteiger partial charge < -0.3 is 10.0 Å². The molecule has 0 aromatic carbocycles. The number of rotatable bonds is 4. The Hall–Kier alpha value is -0.570. The first-order valence-electron chi connectivity index (χ1n) is 7.02. The lowest BCUT2D eigenvalue weighted by Gasteiger charge is -2.47. The first kappa shape index (κ1) is 12.9. The summed E-state index contributed by atoms with van der Waals surface area (Å²) >= 11 is 0. The molecule has 0 unspecified atom stereocenters. The van der Waals surface area contributed by atoms with Crippen LogP contribution < -0.4 is 0 Å². The zero-order valence-electron chi connectivity index (χ0n) is 11.1. The fraction of sp³-hybridized carbons (Fsp3) is 0.929. The third-order valence-electron chi connectivity index (χ3n) is 4.72. The van der Waals surface area contributed by atoms with Gasteiger partial charge in [-0.1, -0.05) is 13.8 Å². The van der Waals surface area contributed by atoms with E-state index in [-0.39, 0.29) is 0 Å². The van der Waals surface area contributed by atoms with Gasteiger partial charge in [0.2, 0.25) is 0 Å². The van der Waals surface area contributed by atoms with Gasteiger partial charge in [0.25, 0.3) is 0 Å². The lowest BCUT2D eigenvalue weighted by Crippen LogP contribution is -2.49. The Bertz CT molecular complexity index is 263. The standard InChI is InChI=1S/C14H25NO2/c1-10(2)12-8-13(9-12)15-5-3-11(4-6-15)7-14(16)17/h10-13H,3-9H2,1-2H3,(H,16,17). The largest absolute Gasteiger partial charge is 0.481 e. The molecule has 1 aliphatic heterocycles. The predicted molar refractivity (Wildman–Crippen MR) is 67.9 cm³/mol. The zero-order valence-corrected chi connectivity index (χ0v) is 11.1. The Labute approximate surface area is 104 Å². The molecule has 1 saturated carbocycles. The van der Waals surface area contributed by atoms with Crippen LogP contribution >= 0.6 is 0 Å². The number of piperidine rings is 1. The van der Waals surface area contributed by atoms with Gasteiger partial charge >= 0.3 is 5.97 Å². The monoisotopic (exact) mass is 239 g/mol. The van der Waals surface area contributed by atoms with Gasteiger partial charge in [0.05, 0.1) is 0 Å². The smallest absolute Gasteiger partial charge is 0.303 e. The minimum Gasteiger partial charge on any atom is -0.481 e. The van der Waals surface area contributed by atoms with Crippen LogP contribution in [0.25, 0.3) is 0 Å². The topological polar surface area (TPSA) is 40.5 Å². The van der Waals surface area contributed by atoms with Gasteiger partial charge in [0.1, 0.15) is 0 Å². The molecule has 0 amide bonds. The van der Waals surface area contributed by atoms with Crippen LogP contribution in [0.5, 0.6) is 0 Å². The highest BCUT2D eigenvalue weighted by Gasteiger charge is 2.36. The van der Waals surface area contributed by atoms with Crippen LogP contribution in [-0.4, -0.2) is 35.1 Å². The second-order valence-corrected chi connectivity index (χ2v) is 6.21. The van der Waals surface area contributed by atoms with E-state index in [1.807, 2.05) is 0 Å². The molecule has 0 atom stereocenters. The van der Waals surface area contributed by atoms with Crippen LogP contribution in [0, 0.1) is 17.8 Å². The second-order valence-electron chi connectivity index (χ2n) is 6.21. The van der Waals surface area contributed by atoms with Crippen molar-refractivity contribution >= 4 is 5.97 Å². The van der Waals surface area contributed by atoms with E-state index in [2.05, 4.69) is 18.7 Å². The molecule has 98 valence electrons. The summed E-state index contributed by atoms with van der Waals surface area (Å²) < 4.78 is 0. The number of nitrogens with zero attached hydrogens (tertiary/aromatic N) is 1. The van der Waals surface area contributed by atoms with Crippen molar-refractivity contribution in [2.45, 2.75) is 52.0 Å². The van der Waals surface area contributed by atoms with Gasteiger partial charge in [-0.25, -0.2) is 0 Å². The van der Waals surface area contributed by atoms with E-state index in [0.29, 0.717) is 12.3 Å². The van der Waals surface area contributed by atoms with Gasteiger partial charge in [-0.2, -0.15) is 0 Å². The van der Waals surface area contributed by atoms with E-state index >= 15 is 0 Å². The maximum absolute atomic E-state index is 10.7. The number of aliphatic carboxylic acids is 1. The van der Waals surface area contributed by atoms with Crippen molar-refractivity contribution in [3.05, 3.63) is 0 Å². The summed E-state index contributed by atoms with van der Waals surface area (Å²) in [6.45, 7) is 6.88. The third kappa shape index (κ3) is 3.21. The van der Waals surface area contributed by atoms with Crippen LogP contribution in [0.2, 0.25) is 0 Å². The predicted octanol–water partition coefficient (Wildman–Crippen LogP) is 2.61. The van der Waals surface area contributed by atoms with Crippen LogP contribution in [0.1, 0.15) is 46.0 Å². The Balaban J connectivity index is 1.68. The van der Waals surface area contributed by atoms with E-state index in [1.54, 1.807) is 0 Å². The number of carboxylic acid groups (broad SMARTS) is 1. The highest BCUT2D eigenvalue weighted by Crippen LogP contribution is 2.38. The molecule has 1 heterocycles. The highest BCUT2D eigenvalue weighted by atomic mass is 16.4. The summed E-state index contributed by atoms with van der Waals surface area (Å²) in [4.78, 5) is 13.2. The normalized spacial score (nSPS) is 31.5. The Morgan fingerprint density at radius 2 is 1.88 bits per heavy atom. The Kier molecular flexibility index (Phi) is 4.08.